The van der Waals surface area contributed by atoms with Crippen molar-refractivity contribution in [2.24, 2.45) is 5.92 Å². The average molecular weight is 452 g/mol. The molecule has 2 atom stereocenters. The van der Waals surface area contributed by atoms with E-state index in [1.165, 1.54) is 11.3 Å². The molecule has 33 heavy (non-hydrogen) atoms. The molecule has 174 valence electrons. The third-order valence-corrected chi connectivity index (χ3v) is 7.23. The monoisotopic (exact) mass is 451 g/mol. The molecule has 3 amide bonds. The Bertz CT molecular complexity index is 1100. The van der Waals surface area contributed by atoms with Gasteiger partial charge in [0.1, 0.15) is 11.4 Å². The lowest BCUT2D eigenvalue weighted by molar-refractivity contribution is -0.139. The van der Waals surface area contributed by atoms with Crippen molar-refractivity contribution in [2.75, 3.05) is 24.5 Å². The first-order valence-electron chi connectivity index (χ1n) is 11.8. The van der Waals surface area contributed by atoms with Crippen LogP contribution in [-0.4, -0.2) is 63.5 Å². The van der Waals surface area contributed by atoms with Crippen molar-refractivity contribution in [2.45, 2.75) is 58.5 Å². The minimum atomic E-state index is -0.342. The Morgan fingerprint density at radius 2 is 1.94 bits per heavy atom. The van der Waals surface area contributed by atoms with Crippen molar-refractivity contribution < 1.29 is 19.0 Å². The van der Waals surface area contributed by atoms with E-state index >= 15 is 0 Å². The number of aryl methyl sites for hydroxylation is 1. The zero-order chi connectivity index (χ0) is 23.1. The predicted octanol–water partition coefficient (Wildman–Crippen LogP) is 2.79. The second-order valence-electron chi connectivity index (χ2n) is 9.35. The second-order valence-corrected chi connectivity index (χ2v) is 9.35. The van der Waals surface area contributed by atoms with E-state index in [0.29, 0.717) is 29.1 Å². The number of benzene rings is 1. The van der Waals surface area contributed by atoms with Crippen LogP contribution in [0.15, 0.2) is 22.8 Å². The van der Waals surface area contributed by atoms with Crippen LogP contribution in [0.1, 0.15) is 71.1 Å². The summed E-state index contributed by atoms with van der Waals surface area (Å²) < 4.78 is 4.72. The van der Waals surface area contributed by atoms with E-state index in [0.717, 1.165) is 44.5 Å². The normalized spacial score (nSPS) is 23.3. The third kappa shape index (κ3) is 3.79. The van der Waals surface area contributed by atoms with E-state index in [2.05, 4.69) is 22.1 Å². The number of piperidine rings is 2. The fourth-order valence-electron chi connectivity index (χ4n) is 5.32. The van der Waals surface area contributed by atoms with Gasteiger partial charge in [-0.1, -0.05) is 16.4 Å². The van der Waals surface area contributed by atoms with Gasteiger partial charge in [0.2, 0.25) is 5.91 Å². The predicted molar refractivity (Wildman–Crippen MR) is 120 cm³/mol. The second kappa shape index (κ2) is 8.61. The zero-order valence-corrected chi connectivity index (χ0v) is 19.1. The summed E-state index contributed by atoms with van der Waals surface area (Å²) in [6, 6.07) is 5.66. The van der Waals surface area contributed by atoms with Gasteiger partial charge >= 0.3 is 0 Å². The fourth-order valence-corrected chi connectivity index (χ4v) is 5.32. The number of likely N-dealkylation sites (tertiary alicyclic amines) is 1. The Kier molecular flexibility index (Phi) is 5.64. The molecule has 0 spiro atoms. The highest BCUT2D eigenvalue weighted by molar-refractivity contribution is 6.23. The minimum absolute atomic E-state index is 0.0229. The summed E-state index contributed by atoms with van der Waals surface area (Å²) >= 11 is 0. The summed E-state index contributed by atoms with van der Waals surface area (Å²) in [6.07, 6.45) is 5.02. The smallest absolute Gasteiger partial charge is 0.264 e. The lowest BCUT2D eigenvalue weighted by Crippen LogP contribution is -2.49. The number of anilines is 1. The molecular weight excluding hydrogens is 422 g/mol. The largest absolute Gasteiger partial charge is 0.370 e. The number of fused-ring (bicyclic) bond motifs is 1. The summed E-state index contributed by atoms with van der Waals surface area (Å²) in [4.78, 5) is 45.0. The fraction of sp³-hybridized carbons (Fsp3) is 0.542. The first-order valence-corrected chi connectivity index (χ1v) is 11.8. The Morgan fingerprint density at radius 1 is 1.09 bits per heavy atom. The van der Waals surface area contributed by atoms with E-state index in [4.69, 9.17) is 4.63 Å². The molecule has 1 aromatic carbocycles. The molecule has 9 heteroatoms. The standard InChI is InChI=1S/C24H29N5O4/c1-15-7-3-4-12-28(15)22(30)17-8-6-11-27(13-17)20-10-5-9-18-21(20)24(32)29(23(18)31)14-19-16(2)25-33-26-19/h5,9-10,15,17H,3-4,6-8,11-14H2,1-2H3/t15-,17-/m1/s1. The molecule has 0 saturated carbocycles. The summed E-state index contributed by atoms with van der Waals surface area (Å²) in [5, 5.41) is 7.56. The van der Waals surface area contributed by atoms with Gasteiger partial charge in [-0.05, 0) is 58.1 Å². The number of nitrogens with zero attached hydrogens (tertiary/aromatic N) is 5. The van der Waals surface area contributed by atoms with Crippen LogP contribution >= 0.6 is 0 Å². The van der Waals surface area contributed by atoms with Crippen LogP contribution in [-0.2, 0) is 11.3 Å². The van der Waals surface area contributed by atoms with Crippen LogP contribution in [0, 0.1) is 12.8 Å². The van der Waals surface area contributed by atoms with Gasteiger partial charge in [-0.2, -0.15) is 0 Å². The van der Waals surface area contributed by atoms with E-state index < -0.39 is 0 Å². The van der Waals surface area contributed by atoms with Crippen LogP contribution in [0.3, 0.4) is 0 Å². The minimum Gasteiger partial charge on any atom is -0.370 e. The summed E-state index contributed by atoms with van der Waals surface area (Å²) in [6.45, 7) is 6.02. The maximum atomic E-state index is 13.3. The Balaban J connectivity index is 1.38. The number of carbonyl (C=O) groups is 3. The highest BCUT2D eigenvalue weighted by Crippen LogP contribution is 2.35. The lowest BCUT2D eigenvalue weighted by atomic mass is 9.93. The highest BCUT2D eigenvalue weighted by atomic mass is 16.6. The molecule has 1 aromatic heterocycles. The topological polar surface area (TPSA) is 99.8 Å². The molecule has 0 aliphatic carbocycles. The number of rotatable bonds is 4. The van der Waals surface area contributed by atoms with E-state index in [1.54, 1.807) is 13.0 Å². The van der Waals surface area contributed by atoms with Gasteiger partial charge in [-0.3, -0.25) is 19.3 Å². The molecule has 9 nitrogen and oxygen atoms in total. The number of hydrogen-bond donors (Lipinski definition) is 0. The SMILES string of the molecule is Cc1nonc1CN1C(=O)c2cccc(N3CCC[C@@H](C(=O)N4CCCC[C@H]4C)C3)c2C1=O. The number of carbonyl (C=O) groups excluding carboxylic acids is 3. The van der Waals surface area contributed by atoms with Gasteiger partial charge in [0.05, 0.1) is 29.3 Å². The Morgan fingerprint density at radius 3 is 2.70 bits per heavy atom. The molecule has 2 saturated heterocycles. The maximum absolute atomic E-state index is 13.3. The molecule has 3 aliphatic heterocycles. The quantitative estimate of drug-likeness (QED) is 0.659. The summed E-state index contributed by atoms with van der Waals surface area (Å²) in [7, 11) is 0. The number of amides is 3. The van der Waals surface area contributed by atoms with Crippen LogP contribution in [0.2, 0.25) is 0 Å². The zero-order valence-electron chi connectivity index (χ0n) is 19.1. The Hall–Kier alpha value is -3.23. The Labute approximate surface area is 192 Å². The molecule has 0 radical (unpaired) electrons. The highest BCUT2D eigenvalue weighted by Gasteiger charge is 2.40. The van der Waals surface area contributed by atoms with Gasteiger partial charge in [0, 0.05) is 25.7 Å². The van der Waals surface area contributed by atoms with Crippen molar-refractivity contribution in [1.29, 1.82) is 0 Å². The molecule has 5 rings (SSSR count). The van der Waals surface area contributed by atoms with Crippen LogP contribution in [0.4, 0.5) is 5.69 Å². The summed E-state index contributed by atoms with van der Waals surface area (Å²) in [5.41, 5.74) is 2.55. The molecule has 0 unspecified atom stereocenters. The molecule has 0 bridgehead atoms. The van der Waals surface area contributed by atoms with Gasteiger partial charge in [-0.25, -0.2) is 4.63 Å². The molecule has 2 fully saturated rings. The maximum Gasteiger partial charge on any atom is 0.264 e. The lowest BCUT2D eigenvalue weighted by Gasteiger charge is -2.40. The van der Waals surface area contributed by atoms with Crippen molar-refractivity contribution in [1.82, 2.24) is 20.1 Å². The molecule has 4 heterocycles. The average Bonchev–Trinajstić information content (AvgIpc) is 3.35. The third-order valence-electron chi connectivity index (χ3n) is 7.23. The number of hydrogen-bond acceptors (Lipinski definition) is 7. The van der Waals surface area contributed by atoms with E-state index in [1.807, 2.05) is 17.0 Å². The summed E-state index contributed by atoms with van der Waals surface area (Å²) in [5.74, 6) is -0.558. The van der Waals surface area contributed by atoms with E-state index in [-0.39, 0.29) is 36.2 Å². The van der Waals surface area contributed by atoms with Crippen LogP contribution in [0.5, 0.6) is 0 Å². The first kappa shape index (κ1) is 21.6. The van der Waals surface area contributed by atoms with Crippen molar-refractivity contribution in [3.8, 4) is 0 Å². The van der Waals surface area contributed by atoms with Gasteiger partial charge in [0.15, 0.2) is 0 Å². The van der Waals surface area contributed by atoms with Gasteiger partial charge in [-0.15, -0.1) is 0 Å². The van der Waals surface area contributed by atoms with E-state index in [9.17, 15) is 14.4 Å². The van der Waals surface area contributed by atoms with Crippen molar-refractivity contribution in [3.05, 3.63) is 40.7 Å². The van der Waals surface area contributed by atoms with Crippen LogP contribution < -0.4 is 4.90 Å². The van der Waals surface area contributed by atoms with Crippen molar-refractivity contribution >= 4 is 23.4 Å². The number of aromatic nitrogens is 2. The first-order chi connectivity index (χ1) is 16.0. The molecule has 0 N–H and O–H groups in total. The van der Waals surface area contributed by atoms with Gasteiger partial charge < -0.3 is 9.80 Å². The van der Waals surface area contributed by atoms with Crippen molar-refractivity contribution in [3.63, 3.8) is 0 Å². The molecule has 3 aliphatic rings. The molecular formula is C24H29N5O4. The number of imide groups is 1. The van der Waals surface area contributed by atoms with Gasteiger partial charge in [0.25, 0.3) is 11.8 Å². The van der Waals surface area contributed by atoms with Crippen LogP contribution in [0.25, 0.3) is 0 Å². The molecule has 2 aromatic rings.